The lowest BCUT2D eigenvalue weighted by Crippen LogP contribution is -2.06. The third kappa shape index (κ3) is 2.21. The van der Waals surface area contributed by atoms with E-state index in [4.69, 9.17) is 5.73 Å². The quantitative estimate of drug-likeness (QED) is 0.630. The molecular weight excluding hydrogens is 210 g/mol. The van der Waals surface area contributed by atoms with E-state index in [1.807, 2.05) is 32.0 Å². The van der Waals surface area contributed by atoms with Gasteiger partial charge in [0, 0.05) is 16.8 Å². The third-order valence-corrected chi connectivity index (χ3v) is 2.86. The van der Waals surface area contributed by atoms with Gasteiger partial charge >= 0.3 is 0 Å². The first-order valence-electron chi connectivity index (χ1n) is 5.56. The van der Waals surface area contributed by atoms with Crippen LogP contribution in [0.3, 0.4) is 0 Å². The smallest absolute Gasteiger partial charge is 0.193 e. The molecule has 0 saturated carbocycles. The van der Waals surface area contributed by atoms with Crippen molar-refractivity contribution in [2.75, 3.05) is 5.73 Å². The molecule has 86 valence electrons. The summed E-state index contributed by atoms with van der Waals surface area (Å²) in [6.45, 7) is 3.90. The number of carbonyl (C=O) groups is 1. The van der Waals surface area contributed by atoms with Gasteiger partial charge in [-0.25, -0.2) is 0 Å². The van der Waals surface area contributed by atoms with Crippen molar-refractivity contribution in [3.8, 4) is 0 Å². The minimum absolute atomic E-state index is 0.0351. The highest BCUT2D eigenvalue weighted by molar-refractivity contribution is 6.11. The highest BCUT2D eigenvalue weighted by atomic mass is 16.1. The van der Waals surface area contributed by atoms with Gasteiger partial charge in [0.2, 0.25) is 0 Å². The Kier molecular flexibility index (Phi) is 2.96. The fourth-order valence-corrected chi connectivity index (χ4v) is 2.00. The Morgan fingerprint density at radius 1 is 1.00 bits per heavy atom. The van der Waals surface area contributed by atoms with Gasteiger partial charge in [-0.3, -0.25) is 4.79 Å². The number of hydrogen-bond acceptors (Lipinski definition) is 2. The molecule has 0 atom stereocenters. The van der Waals surface area contributed by atoms with Crippen LogP contribution in [-0.2, 0) is 0 Å². The second-order valence-electron chi connectivity index (χ2n) is 4.22. The average Bonchev–Trinajstić information content (AvgIpc) is 2.28. The Bertz CT molecular complexity index is 553. The zero-order valence-corrected chi connectivity index (χ0v) is 10.0. The fourth-order valence-electron chi connectivity index (χ4n) is 2.00. The zero-order chi connectivity index (χ0) is 12.4. The van der Waals surface area contributed by atoms with Crippen LogP contribution in [0.25, 0.3) is 0 Å². The molecule has 2 nitrogen and oxygen atoms in total. The van der Waals surface area contributed by atoms with Crippen molar-refractivity contribution in [1.82, 2.24) is 0 Å². The predicted octanol–water partition coefficient (Wildman–Crippen LogP) is 3.12. The van der Waals surface area contributed by atoms with E-state index < -0.39 is 0 Å². The van der Waals surface area contributed by atoms with Gasteiger partial charge in [0.05, 0.1) is 0 Å². The highest BCUT2D eigenvalue weighted by Crippen LogP contribution is 2.19. The Labute approximate surface area is 101 Å². The summed E-state index contributed by atoms with van der Waals surface area (Å²) in [5.41, 5.74) is 9.72. The predicted molar refractivity (Wildman–Crippen MR) is 70.2 cm³/mol. The summed E-state index contributed by atoms with van der Waals surface area (Å²) in [7, 11) is 0. The molecular formula is C15H15NO. The van der Waals surface area contributed by atoms with Gasteiger partial charge in [-0.05, 0) is 37.1 Å². The second-order valence-corrected chi connectivity index (χ2v) is 4.22. The van der Waals surface area contributed by atoms with E-state index in [0.29, 0.717) is 11.3 Å². The molecule has 17 heavy (non-hydrogen) atoms. The largest absolute Gasteiger partial charge is 0.399 e. The summed E-state index contributed by atoms with van der Waals surface area (Å²) in [6, 6.07) is 13.0. The molecule has 2 rings (SSSR count). The minimum atomic E-state index is 0.0351. The number of benzene rings is 2. The summed E-state index contributed by atoms with van der Waals surface area (Å²) < 4.78 is 0. The van der Waals surface area contributed by atoms with Gasteiger partial charge in [0.1, 0.15) is 0 Å². The van der Waals surface area contributed by atoms with Crippen molar-refractivity contribution >= 4 is 11.5 Å². The molecule has 2 N–H and O–H groups in total. The lowest BCUT2D eigenvalue weighted by atomic mass is 9.95. The summed E-state index contributed by atoms with van der Waals surface area (Å²) >= 11 is 0. The normalized spacial score (nSPS) is 10.2. The van der Waals surface area contributed by atoms with Gasteiger partial charge in [-0.15, -0.1) is 0 Å². The van der Waals surface area contributed by atoms with E-state index in [1.165, 1.54) is 0 Å². The number of aryl methyl sites for hydroxylation is 2. The molecule has 0 bridgehead atoms. The minimum Gasteiger partial charge on any atom is -0.399 e. The molecule has 0 radical (unpaired) electrons. The molecule has 2 aromatic rings. The molecule has 0 saturated heterocycles. The summed E-state index contributed by atoms with van der Waals surface area (Å²) in [5, 5.41) is 0. The van der Waals surface area contributed by atoms with Gasteiger partial charge < -0.3 is 5.73 Å². The highest BCUT2D eigenvalue weighted by Gasteiger charge is 2.13. The first-order chi connectivity index (χ1) is 8.09. The maximum absolute atomic E-state index is 12.4. The number of carbonyl (C=O) groups excluding carboxylic acids is 1. The molecule has 0 unspecified atom stereocenters. The van der Waals surface area contributed by atoms with Gasteiger partial charge in [-0.1, -0.05) is 30.3 Å². The summed E-state index contributed by atoms with van der Waals surface area (Å²) in [6.07, 6.45) is 0. The lowest BCUT2D eigenvalue weighted by molar-refractivity contribution is 0.103. The molecule has 0 aliphatic rings. The molecule has 2 heteroatoms. The Hall–Kier alpha value is -2.09. The van der Waals surface area contributed by atoms with E-state index in [9.17, 15) is 4.79 Å². The van der Waals surface area contributed by atoms with Crippen LogP contribution in [-0.4, -0.2) is 5.78 Å². The van der Waals surface area contributed by atoms with Gasteiger partial charge in [0.15, 0.2) is 5.78 Å². The number of ketones is 1. The zero-order valence-electron chi connectivity index (χ0n) is 10.0. The van der Waals surface area contributed by atoms with Crippen molar-refractivity contribution in [3.63, 3.8) is 0 Å². The summed E-state index contributed by atoms with van der Waals surface area (Å²) in [5.74, 6) is 0.0351. The first kappa shape index (κ1) is 11.4. The Morgan fingerprint density at radius 2 is 1.59 bits per heavy atom. The van der Waals surface area contributed by atoms with Gasteiger partial charge in [-0.2, -0.15) is 0 Å². The fraction of sp³-hybridized carbons (Fsp3) is 0.133. The van der Waals surface area contributed by atoms with E-state index in [1.54, 1.807) is 24.3 Å². The first-order valence-corrected chi connectivity index (χ1v) is 5.56. The maximum Gasteiger partial charge on any atom is 0.193 e. The van der Waals surface area contributed by atoms with Crippen molar-refractivity contribution in [3.05, 3.63) is 64.7 Å². The second kappa shape index (κ2) is 4.42. The van der Waals surface area contributed by atoms with Crippen molar-refractivity contribution in [2.24, 2.45) is 0 Å². The van der Waals surface area contributed by atoms with E-state index in [-0.39, 0.29) is 5.78 Å². The van der Waals surface area contributed by atoms with Crippen LogP contribution in [0.1, 0.15) is 27.0 Å². The Balaban J connectivity index is 2.51. The lowest BCUT2D eigenvalue weighted by Gasteiger charge is -2.08. The van der Waals surface area contributed by atoms with Crippen LogP contribution in [0.2, 0.25) is 0 Å². The molecule has 0 spiro atoms. The monoisotopic (exact) mass is 225 g/mol. The number of anilines is 1. The van der Waals surface area contributed by atoms with Crippen LogP contribution in [0, 0.1) is 13.8 Å². The topological polar surface area (TPSA) is 43.1 Å². The molecule has 0 aliphatic heterocycles. The maximum atomic E-state index is 12.4. The van der Waals surface area contributed by atoms with E-state index >= 15 is 0 Å². The van der Waals surface area contributed by atoms with E-state index in [2.05, 4.69) is 0 Å². The van der Waals surface area contributed by atoms with Crippen LogP contribution < -0.4 is 5.73 Å². The molecule has 0 amide bonds. The third-order valence-electron chi connectivity index (χ3n) is 2.86. The van der Waals surface area contributed by atoms with Crippen LogP contribution in [0.15, 0.2) is 42.5 Å². The van der Waals surface area contributed by atoms with E-state index in [0.717, 1.165) is 16.7 Å². The molecule has 0 aliphatic carbocycles. The molecule has 2 aromatic carbocycles. The summed E-state index contributed by atoms with van der Waals surface area (Å²) in [4.78, 5) is 12.4. The number of rotatable bonds is 2. The Morgan fingerprint density at radius 3 is 2.18 bits per heavy atom. The van der Waals surface area contributed by atoms with Crippen LogP contribution >= 0.6 is 0 Å². The number of nitrogen functional groups attached to an aromatic ring is 1. The SMILES string of the molecule is Cc1cccc(C)c1C(=O)c1cccc(N)c1. The van der Waals surface area contributed by atoms with Crippen molar-refractivity contribution in [1.29, 1.82) is 0 Å². The van der Waals surface area contributed by atoms with Gasteiger partial charge in [0.25, 0.3) is 0 Å². The molecule has 0 fully saturated rings. The van der Waals surface area contributed by atoms with Crippen LogP contribution in [0.4, 0.5) is 5.69 Å². The van der Waals surface area contributed by atoms with Crippen LogP contribution in [0.5, 0.6) is 0 Å². The molecule has 0 heterocycles. The number of hydrogen-bond donors (Lipinski definition) is 1. The van der Waals surface area contributed by atoms with Crippen molar-refractivity contribution in [2.45, 2.75) is 13.8 Å². The number of nitrogens with two attached hydrogens (primary N) is 1. The average molecular weight is 225 g/mol. The standard InChI is InChI=1S/C15H15NO/c1-10-5-3-6-11(2)14(10)15(17)12-7-4-8-13(16)9-12/h3-9H,16H2,1-2H3. The van der Waals surface area contributed by atoms with Crippen molar-refractivity contribution < 1.29 is 4.79 Å². The molecule has 0 aromatic heterocycles.